The van der Waals surface area contributed by atoms with Crippen molar-refractivity contribution in [3.63, 3.8) is 0 Å². The maximum Gasteiger partial charge on any atom is 0.573 e. The number of aromatic nitrogens is 3. The van der Waals surface area contributed by atoms with Gasteiger partial charge in [0, 0.05) is 26.2 Å². The minimum Gasteiger partial charge on any atom is -0.480 e. The Morgan fingerprint density at radius 3 is 2.08 bits per heavy atom. The van der Waals surface area contributed by atoms with Gasteiger partial charge in [0.2, 0.25) is 15.8 Å². The van der Waals surface area contributed by atoms with Crippen LogP contribution in [0.15, 0.2) is 59.6 Å². The first kappa shape index (κ1) is 36.6. The molecule has 1 aliphatic rings. The highest BCUT2D eigenvalue weighted by Gasteiger charge is 2.42. The van der Waals surface area contributed by atoms with Gasteiger partial charge in [0.15, 0.2) is 10.8 Å². The van der Waals surface area contributed by atoms with Gasteiger partial charge < -0.3 is 20.5 Å². The van der Waals surface area contributed by atoms with Gasteiger partial charge in [-0.15, -0.1) is 13.2 Å². The van der Waals surface area contributed by atoms with E-state index < -0.39 is 63.6 Å². The number of hydrogen-bond acceptors (Lipinski definition) is 10. The van der Waals surface area contributed by atoms with Crippen molar-refractivity contribution >= 4 is 42.8 Å². The monoisotopic (exact) mass is 732 g/mol. The molecule has 260 valence electrons. The van der Waals surface area contributed by atoms with Crippen molar-refractivity contribution in [1.29, 1.82) is 0 Å². The normalized spacial score (nSPS) is 16.4. The molecule has 3 heterocycles. The molecule has 0 bridgehead atoms. The third-order valence-electron chi connectivity index (χ3n) is 6.46. The standard InChI is InChI=1S/C18H13F6N5O4S2.C8H8F3NO/c19-17(20,21)9-1-3-10(4-2-9)35(32,33)29-6-5-28(8-11(29)14(30)31)16-27-13-12(34-16)7-25-15(26-13)18(22,23)24;9-8(10,11)13-7-3-1-6(5-12)2-4-7/h1-4,7,11H,5-6,8H2,(H,30,31);1-4H,5,12H2/t11-;/m1./s1. The molecule has 0 spiro atoms. The van der Waals surface area contributed by atoms with E-state index in [1.165, 1.54) is 29.2 Å². The molecule has 22 heteroatoms. The van der Waals surface area contributed by atoms with Crippen molar-refractivity contribution in [2.45, 2.75) is 36.2 Å². The summed E-state index contributed by atoms with van der Waals surface area (Å²) in [4.78, 5) is 23.4. The van der Waals surface area contributed by atoms with E-state index in [9.17, 15) is 57.8 Å². The fraction of sp³-hybridized carbons (Fsp3) is 0.308. The molecule has 0 radical (unpaired) electrons. The maximum absolute atomic E-state index is 13.0. The van der Waals surface area contributed by atoms with Crippen LogP contribution >= 0.6 is 11.3 Å². The van der Waals surface area contributed by atoms with E-state index in [1.54, 1.807) is 0 Å². The summed E-state index contributed by atoms with van der Waals surface area (Å²) >= 11 is 0.901. The smallest absolute Gasteiger partial charge is 0.480 e. The topological polar surface area (TPSA) is 152 Å². The quantitative estimate of drug-likeness (QED) is 0.255. The van der Waals surface area contributed by atoms with Crippen LogP contribution in [0.2, 0.25) is 0 Å². The van der Waals surface area contributed by atoms with Crippen molar-refractivity contribution in [3.8, 4) is 5.75 Å². The number of rotatable bonds is 6. The van der Waals surface area contributed by atoms with Crippen LogP contribution < -0.4 is 15.4 Å². The summed E-state index contributed by atoms with van der Waals surface area (Å²) in [6, 6.07) is 6.45. The average molecular weight is 733 g/mol. The van der Waals surface area contributed by atoms with E-state index in [4.69, 9.17) is 5.73 Å². The molecule has 4 aromatic rings. The number of benzene rings is 2. The molecular weight excluding hydrogens is 711 g/mol. The number of nitrogens with two attached hydrogens (primary N) is 1. The van der Waals surface area contributed by atoms with Gasteiger partial charge in [0.1, 0.15) is 11.8 Å². The van der Waals surface area contributed by atoms with E-state index in [-0.39, 0.29) is 34.3 Å². The molecule has 48 heavy (non-hydrogen) atoms. The van der Waals surface area contributed by atoms with E-state index in [0.717, 1.165) is 35.2 Å². The van der Waals surface area contributed by atoms with Crippen molar-refractivity contribution in [2.75, 3.05) is 24.5 Å². The summed E-state index contributed by atoms with van der Waals surface area (Å²) in [5, 5.41) is 9.77. The molecule has 11 nitrogen and oxygen atoms in total. The second-order valence-corrected chi connectivity index (χ2v) is 12.6. The lowest BCUT2D eigenvalue weighted by atomic mass is 10.2. The van der Waals surface area contributed by atoms with E-state index in [1.807, 2.05) is 0 Å². The number of carbonyl (C=O) groups is 1. The Morgan fingerprint density at radius 2 is 1.56 bits per heavy atom. The second-order valence-electron chi connectivity index (χ2n) is 9.71. The number of alkyl halides is 9. The van der Waals surface area contributed by atoms with Crippen molar-refractivity contribution in [1.82, 2.24) is 19.3 Å². The van der Waals surface area contributed by atoms with Crippen molar-refractivity contribution < 1.29 is 62.6 Å². The van der Waals surface area contributed by atoms with Gasteiger partial charge in [-0.2, -0.15) is 35.6 Å². The summed E-state index contributed by atoms with van der Waals surface area (Å²) in [5.74, 6) is -3.15. The largest absolute Gasteiger partial charge is 0.573 e. The van der Waals surface area contributed by atoms with Crippen LogP contribution in [0.25, 0.3) is 10.3 Å². The first-order valence-electron chi connectivity index (χ1n) is 13.1. The van der Waals surface area contributed by atoms with Gasteiger partial charge in [-0.25, -0.2) is 18.4 Å². The Morgan fingerprint density at radius 1 is 0.938 bits per heavy atom. The van der Waals surface area contributed by atoms with Gasteiger partial charge in [0.05, 0.1) is 21.4 Å². The van der Waals surface area contributed by atoms with Crippen molar-refractivity contribution in [3.05, 3.63) is 71.7 Å². The first-order chi connectivity index (χ1) is 22.2. The Kier molecular flexibility index (Phi) is 10.4. The summed E-state index contributed by atoms with van der Waals surface area (Å²) < 4.78 is 142. The van der Waals surface area contributed by atoms with E-state index in [2.05, 4.69) is 19.7 Å². The summed E-state index contributed by atoms with van der Waals surface area (Å²) in [7, 11) is -4.48. The number of carboxylic acids is 1. The molecule has 0 aliphatic carbocycles. The highest BCUT2D eigenvalue weighted by molar-refractivity contribution is 7.89. The van der Waals surface area contributed by atoms with Crippen LogP contribution in [0, 0.1) is 0 Å². The Bertz CT molecular complexity index is 1850. The second kappa shape index (κ2) is 13.7. The fourth-order valence-corrected chi connectivity index (χ4v) is 6.68. The third-order valence-corrected chi connectivity index (χ3v) is 9.42. The minimum atomic E-state index is -4.79. The number of carboxylic acid groups (broad SMARTS) is 1. The molecule has 1 saturated heterocycles. The molecular formula is C26H21F9N6O5S2. The maximum atomic E-state index is 13.0. The van der Waals surface area contributed by atoms with Crippen LogP contribution in [-0.2, 0) is 33.7 Å². The van der Waals surface area contributed by atoms with Gasteiger partial charge in [-0.05, 0) is 42.0 Å². The highest BCUT2D eigenvalue weighted by Crippen LogP contribution is 2.34. The molecule has 1 fully saturated rings. The number of aliphatic carboxylic acids is 1. The number of ether oxygens (including phenoxy) is 1. The minimum absolute atomic E-state index is 0.0803. The number of fused-ring (bicyclic) bond motifs is 1. The van der Waals surface area contributed by atoms with E-state index >= 15 is 0 Å². The third kappa shape index (κ3) is 8.79. The van der Waals surface area contributed by atoms with Crippen LogP contribution in [0.1, 0.15) is 17.0 Å². The van der Waals surface area contributed by atoms with Crippen molar-refractivity contribution in [2.24, 2.45) is 5.73 Å². The van der Waals surface area contributed by atoms with Gasteiger partial charge >= 0.3 is 24.7 Å². The Hall–Kier alpha value is -4.28. The number of sulfonamides is 1. The zero-order chi connectivity index (χ0) is 35.7. The fourth-order valence-electron chi connectivity index (χ4n) is 4.20. The molecule has 3 N–H and O–H groups in total. The molecule has 1 aliphatic heterocycles. The lowest BCUT2D eigenvalue weighted by Gasteiger charge is -2.38. The Labute approximate surface area is 268 Å². The number of thiazole rings is 1. The molecule has 2 aromatic heterocycles. The van der Waals surface area contributed by atoms with Gasteiger partial charge in [0.25, 0.3) is 0 Å². The van der Waals surface area contributed by atoms with Crippen LogP contribution in [0.5, 0.6) is 5.75 Å². The van der Waals surface area contributed by atoms with Gasteiger partial charge in [-0.3, -0.25) is 4.79 Å². The predicted octanol–water partition coefficient (Wildman–Crippen LogP) is 5.13. The Balaban J connectivity index is 0.000000336. The molecule has 0 unspecified atom stereocenters. The van der Waals surface area contributed by atoms with Gasteiger partial charge in [-0.1, -0.05) is 23.5 Å². The molecule has 5 rings (SSSR count). The average Bonchev–Trinajstić information content (AvgIpc) is 3.44. The highest BCUT2D eigenvalue weighted by atomic mass is 32.2. The first-order valence-corrected chi connectivity index (χ1v) is 15.4. The molecule has 0 amide bonds. The predicted molar refractivity (Wildman–Crippen MR) is 150 cm³/mol. The SMILES string of the molecule is NCc1ccc(OC(F)(F)F)cc1.O=C(O)[C@H]1CN(c2nc3nc(C(F)(F)F)ncc3s2)CCN1S(=O)(=O)c1ccc(C(F)(F)F)cc1. The molecule has 0 saturated carbocycles. The summed E-state index contributed by atoms with van der Waals surface area (Å²) in [6.07, 6.45) is -13.2. The zero-order valence-electron chi connectivity index (χ0n) is 23.7. The van der Waals surface area contributed by atoms with Crippen LogP contribution in [0.4, 0.5) is 44.6 Å². The molecule has 2 aromatic carbocycles. The number of piperazine rings is 1. The zero-order valence-corrected chi connectivity index (χ0v) is 25.3. The number of hydrogen-bond donors (Lipinski definition) is 2. The lowest BCUT2D eigenvalue weighted by Crippen LogP contribution is -2.58. The van der Waals surface area contributed by atoms with E-state index in [0.29, 0.717) is 23.0 Å². The summed E-state index contributed by atoms with van der Waals surface area (Å²) in [5.41, 5.74) is 4.71. The lowest BCUT2D eigenvalue weighted by molar-refractivity contribution is -0.274. The number of anilines is 1. The molecule has 1 atom stereocenters. The number of halogens is 9. The summed E-state index contributed by atoms with van der Waals surface area (Å²) in [6.45, 7) is -0.556. The van der Waals surface area contributed by atoms with Crippen LogP contribution in [-0.4, -0.2) is 70.8 Å². The van der Waals surface area contributed by atoms with Crippen LogP contribution in [0.3, 0.4) is 0 Å². The number of nitrogens with zero attached hydrogens (tertiary/aromatic N) is 5.